The lowest BCUT2D eigenvalue weighted by Crippen LogP contribution is -2.53. The van der Waals surface area contributed by atoms with Crippen LogP contribution in [0.5, 0.6) is 0 Å². The van der Waals surface area contributed by atoms with Crippen molar-refractivity contribution in [3.05, 3.63) is 35.9 Å². The Bertz CT molecular complexity index is 548. The summed E-state index contributed by atoms with van der Waals surface area (Å²) in [6.07, 6.45) is 1.89. The van der Waals surface area contributed by atoms with Gasteiger partial charge in [-0.1, -0.05) is 50.6 Å². The number of aldehydes is 1. The zero-order valence-electron chi connectivity index (χ0n) is 14.5. The minimum atomic E-state index is -0.758. The van der Waals surface area contributed by atoms with Gasteiger partial charge in [-0.2, -0.15) is 0 Å². The van der Waals surface area contributed by atoms with Gasteiger partial charge in [-0.3, -0.25) is 9.59 Å². The van der Waals surface area contributed by atoms with Gasteiger partial charge in [-0.25, -0.2) is 0 Å². The summed E-state index contributed by atoms with van der Waals surface area (Å²) in [7, 11) is 0. The molecule has 0 aromatic heterocycles. The van der Waals surface area contributed by atoms with Crippen LogP contribution in [0.4, 0.5) is 0 Å². The summed E-state index contributed by atoms with van der Waals surface area (Å²) >= 11 is 0. The van der Waals surface area contributed by atoms with E-state index >= 15 is 0 Å². The number of benzene rings is 1. The van der Waals surface area contributed by atoms with Gasteiger partial charge in [-0.05, 0) is 24.8 Å². The first-order valence-electron chi connectivity index (χ1n) is 8.24. The summed E-state index contributed by atoms with van der Waals surface area (Å²) in [5.74, 6) is -0.755. The maximum Gasteiger partial charge on any atom is 0.242 e. The van der Waals surface area contributed by atoms with E-state index in [1.165, 1.54) is 0 Å². The average molecular weight is 333 g/mol. The van der Waals surface area contributed by atoms with Crippen molar-refractivity contribution >= 4 is 18.1 Å². The van der Waals surface area contributed by atoms with E-state index in [1.54, 1.807) is 6.92 Å². The topological polar surface area (TPSA) is 101 Å². The fourth-order valence-corrected chi connectivity index (χ4v) is 2.20. The van der Waals surface area contributed by atoms with Crippen molar-refractivity contribution in [3.8, 4) is 0 Å². The lowest BCUT2D eigenvalue weighted by atomic mass is 10.00. The van der Waals surface area contributed by atoms with Crippen molar-refractivity contribution in [1.29, 1.82) is 0 Å². The second-order valence-corrected chi connectivity index (χ2v) is 6.08. The quantitative estimate of drug-likeness (QED) is 0.582. The highest BCUT2D eigenvalue weighted by Gasteiger charge is 2.23. The Kier molecular flexibility index (Phi) is 8.12. The van der Waals surface area contributed by atoms with Crippen molar-refractivity contribution in [3.63, 3.8) is 0 Å². The molecule has 0 aliphatic heterocycles. The number of carbonyl (C=O) groups excluding carboxylic acids is 3. The first-order valence-corrected chi connectivity index (χ1v) is 8.24. The SMILES string of the molecule is CCC(C)C(C=O)NC(=O)C(C)NC(=O)C(N)Cc1ccccc1. The second-order valence-electron chi connectivity index (χ2n) is 6.08. The van der Waals surface area contributed by atoms with Crippen molar-refractivity contribution in [2.24, 2.45) is 11.7 Å². The van der Waals surface area contributed by atoms with Gasteiger partial charge in [-0.15, -0.1) is 0 Å². The van der Waals surface area contributed by atoms with Crippen molar-refractivity contribution in [2.45, 2.75) is 51.7 Å². The van der Waals surface area contributed by atoms with Gasteiger partial charge in [0.15, 0.2) is 0 Å². The Hall–Kier alpha value is -2.21. The predicted molar refractivity (Wildman–Crippen MR) is 93.2 cm³/mol. The fraction of sp³-hybridized carbons (Fsp3) is 0.500. The monoisotopic (exact) mass is 333 g/mol. The van der Waals surface area contributed by atoms with Gasteiger partial charge >= 0.3 is 0 Å². The van der Waals surface area contributed by atoms with Gasteiger partial charge in [0.25, 0.3) is 0 Å². The van der Waals surface area contributed by atoms with Crippen LogP contribution in [0.1, 0.15) is 32.8 Å². The lowest BCUT2D eigenvalue weighted by molar-refractivity contribution is -0.130. The minimum absolute atomic E-state index is 0.0367. The van der Waals surface area contributed by atoms with Crippen LogP contribution in [-0.2, 0) is 20.8 Å². The molecule has 0 aliphatic carbocycles. The third-order valence-electron chi connectivity index (χ3n) is 4.10. The molecular formula is C18H27N3O3. The number of nitrogens with one attached hydrogen (secondary N) is 2. The van der Waals surface area contributed by atoms with Crippen LogP contribution in [0.3, 0.4) is 0 Å². The summed E-state index contributed by atoms with van der Waals surface area (Å²) in [6.45, 7) is 5.40. The third kappa shape index (κ3) is 6.12. The molecule has 24 heavy (non-hydrogen) atoms. The average Bonchev–Trinajstić information content (AvgIpc) is 2.59. The molecule has 6 nitrogen and oxygen atoms in total. The minimum Gasteiger partial charge on any atom is -0.345 e. The van der Waals surface area contributed by atoms with E-state index in [2.05, 4.69) is 10.6 Å². The number of rotatable bonds is 9. The zero-order chi connectivity index (χ0) is 18.1. The molecule has 1 aromatic carbocycles. The van der Waals surface area contributed by atoms with E-state index in [4.69, 9.17) is 5.73 Å². The molecule has 1 aromatic rings. The first-order chi connectivity index (χ1) is 11.4. The molecule has 0 bridgehead atoms. The normalized spacial score (nSPS) is 15.7. The molecular weight excluding hydrogens is 306 g/mol. The number of nitrogens with two attached hydrogens (primary N) is 1. The van der Waals surface area contributed by atoms with Gasteiger partial charge in [0.1, 0.15) is 12.3 Å². The van der Waals surface area contributed by atoms with Crippen molar-refractivity contribution in [1.82, 2.24) is 10.6 Å². The van der Waals surface area contributed by atoms with E-state index in [0.717, 1.165) is 18.3 Å². The molecule has 6 heteroatoms. The number of hydrogen-bond acceptors (Lipinski definition) is 4. The van der Waals surface area contributed by atoms with Crippen LogP contribution >= 0.6 is 0 Å². The molecule has 0 spiro atoms. The Morgan fingerprint density at radius 2 is 1.75 bits per heavy atom. The number of carbonyl (C=O) groups is 3. The van der Waals surface area contributed by atoms with Gasteiger partial charge < -0.3 is 21.2 Å². The Morgan fingerprint density at radius 3 is 2.29 bits per heavy atom. The molecule has 1 rings (SSSR count). The Labute approximate surface area is 143 Å². The van der Waals surface area contributed by atoms with Crippen LogP contribution in [0.2, 0.25) is 0 Å². The summed E-state index contributed by atoms with van der Waals surface area (Å²) < 4.78 is 0. The van der Waals surface area contributed by atoms with Gasteiger partial charge in [0, 0.05) is 0 Å². The molecule has 4 N–H and O–H groups in total. The van der Waals surface area contributed by atoms with Crippen LogP contribution in [-0.4, -0.2) is 36.2 Å². The molecule has 0 saturated carbocycles. The molecule has 0 aliphatic rings. The molecule has 4 atom stereocenters. The second kappa shape index (κ2) is 9.82. The summed E-state index contributed by atoms with van der Waals surface area (Å²) in [5, 5.41) is 5.24. The lowest BCUT2D eigenvalue weighted by Gasteiger charge is -2.22. The summed E-state index contributed by atoms with van der Waals surface area (Å²) in [4.78, 5) is 35.3. The standard InChI is InChI=1S/C18H27N3O3/c1-4-12(2)16(11-22)21-17(23)13(3)20-18(24)15(19)10-14-8-6-5-7-9-14/h5-9,11-13,15-16H,4,10,19H2,1-3H3,(H,20,24)(H,21,23). The van der Waals surface area contributed by atoms with Crippen molar-refractivity contribution < 1.29 is 14.4 Å². The van der Waals surface area contributed by atoms with Crippen LogP contribution in [0, 0.1) is 5.92 Å². The summed E-state index contributed by atoms with van der Waals surface area (Å²) in [6, 6.07) is 7.38. The molecule has 132 valence electrons. The molecule has 2 amide bonds. The Balaban J connectivity index is 2.53. The first kappa shape index (κ1) is 19.8. The zero-order valence-corrected chi connectivity index (χ0v) is 14.5. The maximum absolute atomic E-state index is 12.1. The molecule has 0 heterocycles. The smallest absolute Gasteiger partial charge is 0.242 e. The van der Waals surface area contributed by atoms with Gasteiger partial charge in [0.2, 0.25) is 11.8 Å². The highest BCUT2D eigenvalue weighted by Crippen LogP contribution is 2.06. The number of amides is 2. The Morgan fingerprint density at radius 1 is 1.12 bits per heavy atom. The maximum atomic E-state index is 12.1. The van der Waals surface area contributed by atoms with Gasteiger partial charge in [0.05, 0.1) is 12.1 Å². The third-order valence-corrected chi connectivity index (χ3v) is 4.10. The van der Waals surface area contributed by atoms with Crippen LogP contribution in [0.25, 0.3) is 0 Å². The van der Waals surface area contributed by atoms with E-state index in [9.17, 15) is 14.4 Å². The highest BCUT2D eigenvalue weighted by molar-refractivity contribution is 5.90. The molecule has 0 radical (unpaired) electrons. The van der Waals surface area contributed by atoms with Crippen LogP contribution < -0.4 is 16.4 Å². The molecule has 0 saturated heterocycles. The van der Waals surface area contributed by atoms with E-state index in [0.29, 0.717) is 6.42 Å². The summed E-state index contributed by atoms with van der Waals surface area (Å²) in [5.41, 5.74) is 6.85. The molecule has 0 fully saturated rings. The largest absolute Gasteiger partial charge is 0.345 e. The van der Waals surface area contributed by atoms with Crippen LogP contribution in [0.15, 0.2) is 30.3 Å². The predicted octanol–water partition coefficient (Wildman–Crippen LogP) is 0.791. The van der Waals surface area contributed by atoms with E-state index < -0.39 is 29.9 Å². The number of hydrogen-bond donors (Lipinski definition) is 3. The molecule has 4 unspecified atom stereocenters. The van der Waals surface area contributed by atoms with E-state index in [1.807, 2.05) is 44.2 Å². The highest BCUT2D eigenvalue weighted by atomic mass is 16.2. The fourth-order valence-electron chi connectivity index (χ4n) is 2.20. The van der Waals surface area contributed by atoms with Crippen molar-refractivity contribution in [2.75, 3.05) is 0 Å². The van der Waals surface area contributed by atoms with E-state index in [-0.39, 0.29) is 5.92 Å².